The Balaban J connectivity index is 1.65. The summed E-state index contributed by atoms with van der Waals surface area (Å²) in [6.07, 6.45) is 7.45. The van der Waals surface area contributed by atoms with Gasteiger partial charge in [-0.1, -0.05) is 19.9 Å². The smallest absolute Gasteiger partial charge is 0.337 e. The quantitative estimate of drug-likeness (QED) is 0.391. The number of anilines is 2. The molecule has 1 fully saturated rings. The summed E-state index contributed by atoms with van der Waals surface area (Å²) in [6, 6.07) is 4.30. The molecule has 0 spiro atoms. The average molecular weight is 450 g/mol. The zero-order valence-corrected chi connectivity index (χ0v) is 18.5. The highest BCUT2D eigenvalue weighted by Crippen LogP contribution is 2.43. The number of allylic oxidation sites excluding steroid dienone is 1. The molecule has 2 aliphatic rings. The van der Waals surface area contributed by atoms with Crippen molar-refractivity contribution >= 4 is 35.3 Å². The fraction of sp³-hybridized carbons (Fsp3) is 0.348. The standard InChI is InChI=1S/C23H25FN8O/c1-13(2)17-11-20(31-30-17)28-22-15-5-3-6-16(15)27-23(29-22)32(10-4-7-18(32)21(25)33)14-8-9-19(24)26-12-14/h3,6,8-9,11-13,18H,4-5,7,10H2,1-2H3,(H3-,25,27,28,29,30,31,33)/p+1. The second-order valence-electron chi connectivity index (χ2n) is 8.82. The molecule has 4 N–H and O–H groups in total. The van der Waals surface area contributed by atoms with Gasteiger partial charge in [0.15, 0.2) is 17.5 Å². The van der Waals surface area contributed by atoms with Crippen LogP contribution in [0.5, 0.6) is 0 Å². The topological polar surface area (TPSA) is 122 Å². The van der Waals surface area contributed by atoms with E-state index in [9.17, 15) is 9.18 Å². The number of rotatable bonds is 6. The highest BCUT2D eigenvalue weighted by molar-refractivity contribution is 5.85. The summed E-state index contributed by atoms with van der Waals surface area (Å²) in [5.41, 5.74) is 9.22. The SMILES string of the molecule is CC(C)c1cc(Nc2nc([N+]3(c4ccc(F)nc4)CCCC3C(N)=O)nc3c2CC=C3)n[nH]1. The van der Waals surface area contributed by atoms with Crippen LogP contribution in [0.1, 0.15) is 49.6 Å². The lowest BCUT2D eigenvalue weighted by Gasteiger charge is -2.35. The Bertz CT molecular complexity index is 1240. The van der Waals surface area contributed by atoms with E-state index in [1.54, 1.807) is 6.07 Å². The van der Waals surface area contributed by atoms with E-state index >= 15 is 0 Å². The Hall–Kier alpha value is -3.66. The van der Waals surface area contributed by atoms with Crippen LogP contribution >= 0.6 is 0 Å². The summed E-state index contributed by atoms with van der Waals surface area (Å²) < 4.78 is 13.6. The minimum Gasteiger partial charge on any atom is -0.364 e. The van der Waals surface area contributed by atoms with Gasteiger partial charge in [0.25, 0.3) is 5.91 Å². The maximum absolute atomic E-state index is 13.6. The Morgan fingerprint density at radius 1 is 1.33 bits per heavy atom. The summed E-state index contributed by atoms with van der Waals surface area (Å²) in [6.45, 7) is 4.73. The van der Waals surface area contributed by atoms with Gasteiger partial charge in [-0.15, -0.1) is 0 Å². The maximum Gasteiger partial charge on any atom is 0.337 e. The molecule has 3 aromatic rings. The van der Waals surface area contributed by atoms with Gasteiger partial charge < -0.3 is 11.1 Å². The molecular formula is C23H26FN8O+. The molecule has 1 saturated heterocycles. The van der Waals surface area contributed by atoms with Gasteiger partial charge in [-0.3, -0.25) is 9.89 Å². The number of amides is 1. The van der Waals surface area contributed by atoms with Crippen LogP contribution in [0.15, 0.2) is 30.5 Å². The van der Waals surface area contributed by atoms with Crippen molar-refractivity contribution in [1.29, 1.82) is 0 Å². The molecule has 1 aliphatic carbocycles. The Morgan fingerprint density at radius 2 is 2.18 bits per heavy atom. The predicted octanol–water partition coefficient (Wildman–Crippen LogP) is 3.46. The Labute approximate surface area is 190 Å². The molecular weight excluding hydrogens is 423 g/mol. The fourth-order valence-corrected chi connectivity index (χ4v) is 4.75. The number of primary amides is 1. The predicted molar refractivity (Wildman–Crippen MR) is 123 cm³/mol. The Kier molecular flexibility index (Phi) is 5.16. The number of carbonyl (C=O) groups is 1. The monoisotopic (exact) mass is 449 g/mol. The fourth-order valence-electron chi connectivity index (χ4n) is 4.75. The molecule has 1 amide bonds. The summed E-state index contributed by atoms with van der Waals surface area (Å²) in [7, 11) is 0. The van der Waals surface area contributed by atoms with Crippen molar-refractivity contribution in [3.63, 3.8) is 0 Å². The molecule has 2 atom stereocenters. The van der Waals surface area contributed by atoms with E-state index in [-0.39, 0.29) is 4.48 Å². The average Bonchev–Trinajstić information content (AvgIpc) is 3.53. The van der Waals surface area contributed by atoms with Gasteiger partial charge in [0.1, 0.15) is 5.82 Å². The van der Waals surface area contributed by atoms with Crippen molar-refractivity contribution in [2.75, 3.05) is 11.9 Å². The van der Waals surface area contributed by atoms with Gasteiger partial charge in [-0.25, -0.2) is 9.47 Å². The molecule has 10 heteroatoms. The number of aromatic amines is 1. The number of hydrogen-bond acceptors (Lipinski definition) is 6. The van der Waals surface area contributed by atoms with E-state index in [2.05, 4.69) is 34.3 Å². The third-order valence-electron chi connectivity index (χ3n) is 6.47. The first-order chi connectivity index (χ1) is 15.9. The number of nitrogens with one attached hydrogen (secondary N) is 2. The van der Waals surface area contributed by atoms with Gasteiger partial charge in [0.2, 0.25) is 5.95 Å². The second kappa shape index (κ2) is 8.04. The number of pyridine rings is 1. The van der Waals surface area contributed by atoms with Crippen LogP contribution in [0, 0.1) is 5.95 Å². The van der Waals surface area contributed by atoms with Crippen LogP contribution in [0.4, 0.5) is 27.7 Å². The minimum absolute atomic E-state index is 0.0101. The number of carbonyl (C=O) groups excluding carboxylic acids is 1. The lowest BCUT2D eigenvalue weighted by atomic mass is 10.1. The van der Waals surface area contributed by atoms with Gasteiger partial charge >= 0.3 is 5.95 Å². The van der Waals surface area contributed by atoms with Crippen LogP contribution in [-0.4, -0.2) is 43.6 Å². The molecule has 33 heavy (non-hydrogen) atoms. The van der Waals surface area contributed by atoms with Crippen molar-refractivity contribution in [3.8, 4) is 0 Å². The molecule has 2 unspecified atom stereocenters. The molecule has 0 bridgehead atoms. The van der Waals surface area contributed by atoms with Crippen LogP contribution in [0.2, 0.25) is 0 Å². The van der Waals surface area contributed by atoms with Gasteiger partial charge in [-0.05, 0) is 24.5 Å². The molecule has 0 aromatic carbocycles. The molecule has 5 rings (SSSR count). The summed E-state index contributed by atoms with van der Waals surface area (Å²) in [4.78, 5) is 26.1. The minimum atomic E-state index is -0.591. The highest BCUT2D eigenvalue weighted by Gasteiger charge is 2.52. The first-order valence-corrected chi connectivity index (χ1v) is 11.1. The first kappa shape index (κ1) is 21.2. The van der Waals surface area contributed by atoms with E-state index < -0.39 is 17.9 Å². The number of nitrogens with zero attached hydrogens (tertiary/aromatic N) is 5. The van der Waals surface area contributed by atoms with Crippen molar-refractivity contribution in [1.82, 2.24) is 29.6 Å². The van der Waals surface area contributed by atoms with Crippen LogP contribution in [-0.2, 0) is 11.2 Å². The van der Waals surface area contributed by atoms with Crippen molar-refractivity contribution in [2.45, 2.75) is 45.1 Å². The zero-order valence-electron chi connectivity index (χ0n) is 18.5. The number of aromatic nitrogens is 5. The molecule has 4 heterocycles. The van der Waals surface area contributed by atoms with E-state index in [1.807, 2.05) is 18.2 Å². The van der Waals surface area contributed by atoms with Crippen LogP contribution in [0.25, 0.3) is 6.08 Å². The van der Waals surface area contributed by atoms with Crippen molar-refractivity contribution in [2.24, 2.45) is 5.73 Å². The second-order valence-corrected chi connectivity index (χ2v) is 8.82. The van der Waals surface area contributed by atoms with Crippen molar-refractivity contribution < 1.29 is 9.18 Å². The van der Waals surface area contributed by atoms with E-state index in [0.717, 1.165) is 23.4 Å². The van der Waals surface area contributed by atoms with Gasteiger partial charge in [0, 0.05) is 36.2 Å². The largest absolute Gasteiger partial charge is 0.364 e. The molecule has 9 nitrogen and oxygen atoms in total. The molecule has 170 valence electrons. The van der Waals surface area contributed by atoms with Crippen molar-refractivity contribution in [3.05, 3.63) is 53.4 Å². The third-order valence-corrected chi connectivity index (χ3v) is 6.47. The van der Waals surface area contributed by atoms with Crippen LogP contribution < -0.4 is 15.5 Å². The number of quaternary nitrogens is 1. The maximum atomic E-state index is 13.6. The van der Waals surface area contributed by atoms with E-state index in [4.69, 9.17) is 15.7 Å². The van der Waals surface area contributed by atoms with Gasteiger partial charge in [0.05, 0.1) is 18.4 Å². The summed E-state index contributed by atoms with van der Waals surface area (Å²) in [5, 5.41) is 10.7. The lowest BCUT2D eigenvalue weighted by Crippen LogP contribution is -2.55. The Morgan fingerprint density at radius 3 is 2.88 bits per heavy atom. The highest BCUT2D eigenvalue weighted by atomic mass is 19.1. The number of fused-ring (bicyclic) bond motifs is 1. The lowest BCUT2D eigenvalue weighted by molar-refractivity contribution is -0.121. The first-order valence-electron chi connectivity index (χ1n) is 11.1. The molecule has 1 aliphatic heterocycles. The summed E-state index contributed by atoms with van der Waals surface area (Å²) >= 11 is 0. The van der Waals surface area contributed by atoms with E-state index in [1.165, 1.54) is 12.3 Å². The molecule has 0 radical (unpaired) electrons. The normalized spacial score (nSPS) is 21.5. The van der Waals surface area contributed by atoms with Crippen LogP contribution in [0.3, 0.4) is 0 Å². The number of nitrogens with two attached hydrogens (primary N) is 1. The number of H-pyrrole nitrogens is 1. The van der Waals surface area contributed by atoms with Gasteiger partial charge in [-0.2, -0.15) is 19.5 Å². The third kappa shape index (κ3) is 3.56. The number of halogens is 1. The zero-order chi connectivity index (χ0) is 23.2. The van der Waals surface area contributed by atoms with E-state index in [0.29, 0.717) is 48.6 Å². The number of hydrogen-bond donors (Lipinski definition) is 3. The molecule has 0 saturated carbocycles. The summed E-state index contributed by atoms with van der Waals surface area (Å²) in [5.74, 6) is 0.982. The molecule has 3 aromatic heterocycles.